The summed E-state index contributed by atoms with van der Waals surface area (Å²) in [5, 5.41) is 3.00. The Bertz CT molecular complexity index is 749. The van der Waals surface area contributed by atoms with Gasteiger partial charge >= 0.3 is 0 Å². The molecule has 0 saturated heterocycles. The van der Waals surface area contributed by atoms with Crippen molar-refractivity contribution in [3.8, 4) is 5.75 Å². The largest absolute Gasteiger partial charge is 0.491 e. The van der Waals surface area contributed by atoms with E-state index in [-0.39, 0.29) is 17.8 Å². The van der Waals surface area contributed by atoms with Gasteiger partial charge in [-0.1, -0.05) is 37.5 Å². The molecule has 0 bridgehead atoms. The number of ether oxygens (including phenoxy) is 1. The molecule has 0 unspecified atom stereocenters. The lowest BCUT2D eigenvalue weighted by molar-refractivity contribution is -0.122. The topological polar surface area (TPSA) is 38.3 Å². The number of anilines is 1. The average molecular weight is 355 g/mol. The molecule has 3 nitrogen and oxygen atoms in total. The minimum atomic E-state index is -0.795. The normalized spacial score (nSPS) is 16.3. The van der Waals surface area contributed by atoms with Crippen LogP contribution in [-0.2, 0) is 10.2 Å². The molecular weight excluding hydrogens is 329 g/mol. The van der Waals surface area contributed by atoms with Crippen molar-refractivity contribution in [2.75, 3.05) is 5.32 Å². The van der Waals surface area contributed by atoms with Crippen molar-refractivity contribution in [1.82, 2.24) is 0 Å². The highest BCUT2D eigenvalue weighted by Crippen LogP contribution is 2.41. The molecule has 1 fully saturated rings. The van der Waals surface area contributed by atoms with Crippen molar-refractivity contribution in [2.45, 2.75) is 57.5 Å². The minimum Gasteiger partial charge on any atom is -0.491 e. The van der Waals surface area contributed by atoms with Gasteiger partial charge in [-0.05, 0) is 57.0 Å². The summed E-state index contributed by atoms with van der Waals surface area (Å²) in [4.78, 5) is 13.2. The van der Waals surface area contributed by atoms with Gasteiger partial charge in [-0.3, -0.25) is 4.79 Å². The lowest BCUT2D eigenvalue weighted by atomic mass is 9.68. The van der Waals surface area contributed by atoms with E-state index in [1.807, 2.05) is 38.1 Å². The molecule has 2 aromatic carbocycles. The number of benzene rings is 2. The number of hydrogen-bond donors (Lipinski definition) is 1. The number of nitrogens with one attached hydrogen (secondary N) is 1. The van der Waals surface area contributed by atoms with Gasteiger partial charge in [-0.25, -0.2) is 4.39 Å². The Labute approximate surface area is 154 Å². The van der Waals surface area contributed by atoms with E-state index in [9.17, 15) is 9.18 Å². The van der Waals surface area contributed by atoms with E-state index in [1.165, 1.54) is 6.07 Å². The van der Waals surface area contributed by atoms with Crippen LogP contribution in [0.3, 0.4) is 0 Å². The molecule has 1 saturated carbocycles. The molecule has 1 amide bonds. The molecule has 1 aliphatic rings. The predicted octanol–water partition coefficient (Wildman–Crippen LogP) is 5.45. The fourth-order valence-corrected chi connectivity index (χ4v) is 3.76. The summed E-state index contributed by atoms with van der Waals surface area (Å²) in [5.41, 5.74) is 0.417. The molecule has 4 heteroatoms. The first-order valence-corrected chi connectivity index (χ1v) is 9.34. The van der Waals surface area contributed by atoms with Crippen LogP contribution in [0, 0.1) is 5.82 Å². The maximum Gasteiger partial charge on any atom is 0.235 e. The Morgan fingerprint density at radius 3 is 2.31 bits per heavy atom. The summed E-state index contributed by atoms with van der Waals surface area (Å²) in [6.07, 6.45) is 4.40. The van der Waals surface area contributed by atoms with Crippen LogP contribution in [0.2, 0.25) is 0 Å². The average Bonchev–Trinajstić information content (AvgIpc) is 2.64. The standard InChI is InChI=1S/C22H26FNO2/c1-16(2)26-18-12-10-17(11-13-18)24-21(25)22(14-6-3-7-15-22)19-8-4-5-9-20(19)23/h4-5,8-13,16H,3,6-7,14-15H2,1-2H3,(H,24,25). The van der Waals surface area contributed by atoms with Crippen molar-refractivity contribution in [2.24, 2.45) is 0 Å². The van der Waals surface area contributed by atoms with Crippen LogP contribution in [0.5, 0.6) is 5.75 Å². The lowest BCUT2D eigenvalue weighted by Gasteiger charge is -2.36. The van der Waals surface area contributed by atoms with Crippen LogP contribution >= 0.6 is 0 Å². The van der Waals surface area contributed by atoms with E-state index in [2.05, 4.69) is 5.32 Å². The molecule has 0 heterocycles. The maximum atomic E-state index is 14.5. The van der Waals surface area contributed by atoms with Gasteiger partial charge in [0.2, 0.25) is 5.91 Å². The van der Waals surface area contributed by atoms with Gasteiger partial charge in [0.1, 0.15) is 11.6 Å². The van der Waals surface area contributed by atoms with Crippen LogP contribution in [-0.4, -0.2) is 12.0 Å². The molecular formula is C22H26FNO2. The number of rotatable bonds is 5. The van der Waals surface area contributed by atoms with Gasteiger partial charge < -0.3 is 10.1 Å². The molecule has 2 aromatic rings. The highest BCUT2D eigenvalue weighted by atomic mass is 19.1. The SMILES string of the molecule is CC(C)Oc1ccc(NC(=O)C2(c3ccccc3F)CCCCC2)cc1. The van der Waals surface area contributed by atoms with Gasteiger partial charge in [0.15, 0.2) is 0 Å². The number of hydrogen-bond acceptors (Lipinski definition) is 2. The second-order valence-corrected chi connectivity index (χ2v) is 7.27. The number of halogens is 1. The third-order valence-corrected chi connectivity index (χ3v) is 5.02. The number of carbonyl (C=O) groups excluding carboxylic acids is 1. The monoisotopic (exact) mass is 355 g/mol. The second-order valence-electron chi connectivity index (χ2n) is 7.27. The van der Waals surface area contributed by atoms with Gasteiger partial charge in [0.05, 0.1) is 11.5 Å². The van der Waals surface area contributed by atoms with Crippen molar-refractivity contribution in [3.63, 3.8) is 0 Å². The third kappa shape index (κ3) is 3.90. The maximum absolute atomic E-state index is 14.5. The van der Waals surface area contributed by atoms with Crippen LogP contribution < -0.4 is 10.1 Å². The van der Waals surface area contributed by atoms with Crippen LogP contribution in [0.1, 0.15) is 51.5 Å². The second kappa shape index (κ2) is 7.90. The minimum absolute atomic E-state index is 0.0991. The molecule has 0 aliphatic heterocycles. The molecule has 0 radical (unpaired) electrons. The van der Waals surface area contributed by atoms with Gasteiger partial charge in [0, 0.05) is 11.3 Å². The van der Waals surface area contributed by atoms with Crippen molar-refractivity contribution < 1.29 is 13.9 Å². The molecule has 1 N–H and O–H groups in total. The van der Waals surface area contributed by atoms with Crippen LogP contribution in [0.4, 0.5) is 10.1 Å². The van der Waals surface area contributed by atoms with Gasteiger partial charge in [-0.2, -0.15) is 0 Å². The zero-order valence-electron chi connectivity index (χ0n) is 15.4. The van der Waals surface area contributed by atoms with E-state index >= 15 is 0 Å². The molecule has 0 atom stereocenters. The van der Waals surface area contributed by atoms with Gasteiger partial charge in [-0.15, -0.1) is 0 Å². The zero-order valence-corrected chi connectivity index (χ0v) is 15.4. The third-order valence-electron chi connectivity index (χ3n) is 5.02. The molecule has 3 rings (SSSR count). The molecule has 138 valence electrons. The fraction of sp³-hybridized carbons (Fsp3) is 0.409. The summed E-state index contributed by atoms with van der Waals surface area (Å²) >= 11 is 0. The highest BCUT2D eigenvalue weighted by molar-refractivity contribution is 5.99. The van der Waals surface area contributed by atoms with E-state index in [0.29, 0.717) is 24.1 Å². The highest BCUT2D eigenvalue weighted by Gasteiger charge is 2.42. The Kier molecular flexibility index (Phi) is 5.60. The molecule has 0 aromatic heterocycles. The summed E-state index contributed by atoms with van der Waals surface area (Å²) in [7, 11) is 0. The summed E-state index contributed by atoms with van der Waals surface area (Å²) in [5.74, 6) is 0.338. The van der Waals surface area contributed by atoms with Crippen LogP contribution in [0.15, 0.2) is 48.5 Å². The van der Waals surface area contributed by atoms with E-state index in [4.69, 9.17) is 4.74 Å². The van der Waals surface area contributed by atoms with Crippen molar-refractivity contribution in [3.05, 3.63) is 59.9 Å². The van der Waals surface area contributed by atoms with Crippen molar-refractivity contribution >= 4 is 11.6 Å². The first kappa shape index (κ1) is 18.4. The summed E-state index contributed by atoms with van der Waals surface area (Å²) in [6, 6.07) is 14.0. The van der Waals surface area contributed by atoms with Gasteiger partial charge in [0.25, 0.3) is 0 Å². The Morgan fingerprint density at radius 1 is 1.04 bits per heavy atom. The van der Waals surface area contributed by atoms with Crippen LogP contribution in [0.25, 0.3) is 0 Å². The Morgan fingerprint density at radius 2 is 1.69 bits per heavy atom. The molecule has 1 aliphatic carbocycles. The number of carbonyl (C=O) groups is 1. The first-order chi connectivity index (χ1) is 12.5. The smallest absolute Gasteiger partial charge is 0.235 e. The predicted molar refractivity (Wildman–Crippen MR) is 102 cm³/mol. The summed E-state index contributed by atoms with van der Waals surface area (Å²) in [6.45, 7) is 3.94. The molecule has 26 heavy (non-hydrogen) atoms. The van der Waals surface area contributed by atoms with E-state index in [0.717, 1.165) is 25.0 Å². The zero-order chi connectivity index (χ0) is 18.6. The number of amides is 1. The fourth-order valence-electron chi connectivity index (χ4n) is 3.76. The van der Waals surface area contributed by atoms with Crippen molar-refractivity contribution in [1.29, 1.82) is 0 Å². The van der Waals surface area contributed by atoms with E-state index < -0.39 is 5.41 Å². The van der Waals surface area contributed by atoms with E-state index in [1.54, 1.807) is 18.2 Å². The summed E-state index contributed by atoms with van der Waals surface area (Å²) < 4.78 is 20.1. The Hall–Kier alpha value is -2.36. The first-order valence-electron chi connectivity index (χ1n) is 9.34. The quantitative estimate of drug-likeness (QED) is 0.774. The Balaban J connectivity index is 1.84. The molecule has 0 spiro atoms. The lowest BCUT2D eigenvalue weighted by Crippen LogP contribution is -2.42.